The molecule has 0 fully saturated rings. The lowest BCUT2D eigenvalue weighted by atomic mass is 9.83. The number of hydrogen-bond donors (Lipinski definition) is 1. The van der Waals surface area contributed by atoms with Crippen LogP contribution in [0.5, 0.6) is 0 Å². The summed E-state index contributed by atoms with van der Waals surface area (Å²) in [4.78, 5) is 17.3. The Morgan fingerprint density at radius 2 is 1.68 bits per heavy atom. The third kappa shape index (κ3) is 3.58. The highest BCUT2D eigenvalue weighted by molar-refractivity contribution is 6.31. The number of halogens is 2. The maximum atomic E-state index is 12.7. The lowest BCUT2D eigenvalue weighted by molar-refractivity contribution is 0.116. The highest BCUT2D eigenvalue weighted by atomic mass is 35.5. The van der Waals surface area contributed by atoms with Crippen LogP contribution >= 0.6 is 23.2 Å². The van der Waals surface area contributed by atoms with Crippen LogP contribution in [0.15, 0.2) is 77.9 Å². The number of nitrogens with zero attached hydrogens (tertiary/aromatic N) is 5. The minimum absolute atomic E-state index is 0.202. The van der Waals surface area contributed by atoms with Crippen molar-refractivity contribution in [1.82, 2.24) is 24.5 Å². The third-order valence-electron chi connectivity index (χ3n) is 5.97. The van der Waals surface area contributed by atoms with E-state index in [1.54, 1.807) is 62.8 Å². The summed E-state index contributed by atoms with van der Waals surface area (Å²) in [6, 6.07) is 17.6. The van der Waals surface area contributed by atoms with E-state index in [0.717, 1.165) is 5.56 Å². The molecule has 1 N–H and O–H groups in total. The highest BCUT2D eigenvalue weighted by Gasteiger charge is 2.38. The molecule has 0 radical (unpaired) electrons. The summed E-state index contributed by atoms with van der Waals surface area (Å²) < 4.78 is 2.98. The van der Waals surface area contributed by atoms with Gasteiger partial charge in [0.25, 0.3) is 5.56 Å². The molecule has 0 spiro atoms. The zero-order valence-electron chi connectivity index (χ0n) is 18.3. The molecule has 34 heavy (non-hydrogen) atoms. The van der Waals surface area contributed by atoms with Crippen LogP contribution in [-0.4, -0.2) is 29.7 Å². The summed E-state index contributed by atoms with van der Waals surface area (Å²) in [5.41, 5.74) is 1.57. The Labute approximate surface area is 204 Å². The van der Waals surface area contributed by atoms with Crippen molar-refractivity contribution in [1.29, 1.82) is 0 Å². The first kappa shape index (κ1) is 22.3. The quantitative estimate of drug-likeness (QED) is 0.404. The average molecular weight is 492 g/mol. The molecule has 3 aromatic heterocycles. The molecule has 0 aliphatic carbocycles. The standard InChI is InChI=1S/C25H19Cl2N5O2/c1-31-23(33)12-20(15-4-3-5-19(27)10-15)21-11-17(13-28-24(21)31)25(34,22-14-29-30-32(22)2)16-6-8-18(26)9-7-16/h3-14,34H,1-2H3. The van der Waals surface area contributed by atoms with Gasteiger partial charge in [-0.05, 0) is 47.0 Å². The van der Waals surface area contributed by atoms with Crippen molar-refractivity contribution < 1.29 is 5.11 Å². The number of pyridine rings is 2. The van der Waals surface area contributed by atoms with Crippen LogP contribution in [0.4, 0.5) is 0 Å². The Balaban J connectivity index is 1.84. The van der Waals surface area contributed by atoms with Gasteiger partial charge in [-0.25, -0.2) is 9.67 Å². The van der Waals surface area contributed by atoms with Gasteiger partial charge in [-0.15, -0.1) is 5.10 Å². The van der Waals surface area contributed by atoms with Crippen LogP contribution in [0.3, 0.4) is 0 Å². The van der Waals surface area contributed by atoms with Crippen molar-refractivity contribution in [3.8, 4) is 11.1 Å². The van der Waals surface area contributed by atoms with Crippen LogP contribution < -0.4 is 5.56 Å². The predicted molar refractivity (Wildman–Crippen MR) is 132 cm³/mol. The normalized spacial score (nSPS) is 13.2. The summed E-state index contributed by atoms with van der Waals surface area (Å²) in [5, 5.41) is 22.0. The summed E-state index contributed by atoms with van der Waals surface area (Å²) in [7, 11) is 3.37. The second kappa shape index (κ2) is 8.36. The lowest BCUT2D eigenvalue weighted by Gasteiger charge is -2.29. The fourth-order valence-electron chi connectivity index (χ4n) is 4.19. The molecule has 2 aromatic carbocycles. The van der Waals surface area contributed by atoms with E-state index >= 15 is 0 Å². The van der Waals surface area contributed by atoms with Crippen LogP contribution in [0.25, 0.3) is 22.2 Å². The Hall–Kier alpha value is -3.52. The molecule has 170 valence electrons. The Bertz CT molecular complexity index is 1590. The van der Waals surface area contributed by atoms with Crippen molar-refractivity contribution >= 4 is 34.2 Å². The molecule has 5 aromatic rings. The van der Waals surface area contributed by atoms with Crippen LogP contribution in [-0.2, 0) is 19.7 Å². The van der Waals surface area contributed by atoms with Gasteiger partial charge in [0.15, 0.2) is 5.60 Å². The van der Waals surface area contributed by atoms with E-state index in [1.165, 1.54) is 15.4 Å². The first-order valence-electron chi connectivity index (χ1n) is 10.4. The largest absolute Gasteiger partial charge is 0.374 e. The van der Waals surface area contributed by atoms with E-state index in [1.807, 2.05) is 18.2 Å². The van der Waals surface area contributed by atoms with E-state index < -0.39 is 5.60 Å². The number of benzene rings is 2. The summed E-state index contributed by atoms with van der Waals surface area (Å²) >= 11 is 12.3. The van der Waals surface area contributed by atoms with Gasteiger partial charge in [-0.1, -0.05) is 52.7 Å². The molecular formula is C25H19Cl2N5O2. The molecule has 0 aliphatic rings. The molecule has 1 atom stereocenters. The van der Waals surface area contributed by atoms with Gasteiger partial charge in [-0.2, -0.15) is 0 Å². The van der Waals surface area contributed by atoms with Gasteiger partial charge < -0.3 is 5.11 Å². The molecule has 0 bridgehead atoms. The van der Waals surface area contributed by atoms with Crippen LogP contribution in [0, 0.1) is 0 Å². The predicted octanol–water partition coefficient (Wildman–Crippen LogP) is 4.32. The zero-order valence-corrected chi connectivity index (χ0v) is 19.8. The van der Waals surface area contributed by atoms with E-state index in [4.69, 9.17) is 23.2 Å². The van der Waals surface area contributed by atoms with Crippen LogP contribution in [0.2, 0.25) is 10.0 Å². The van der Waals surface area contributed by atoms with Crippen LogP contribution in [0.1, 0.15) is 16.8 Å². The number of aliphatic hydroxyl groups is 1. The average Bonchev–Trinajstić information content (AvgIpc) is 3.27. The first-order valence-corrected chi connectivity index (χ1v) is 11.1. The summed E-state index contributed by atoms with van der Waals surface area (Å²) in [6.07, 6.45) is 3.07. The van der Waals surface area contributed by atoms with Crippen molar-refractivity contribution in [3.63, 3.8) is 0 Å². The molecular weight excluding hydrogens is 473 g/mol. The minimum Gasteiger partial charge on any atom is -0.374 e. The van der Waals surface area contributed by atoms with E-state index in [-0.39, 0.29) is 5.56 Å². The summed E-state index contributed by atoms with van der Waals surface area (Å²) in [5.74, 6) is 0. The Morgan fingerprint density at radius 1 is 0.912 bits per heavy atom. The van der Waals surface area contributed by atoms with Gasteiger partial charge >= 0.3 is 0 Å². The molecule has 3 heterocycles. The molecule has 0 aliphatic heterocycles. The van der Waals surface area contributed by atoms with Crippen molar-refractivity contribution in [2.45, 2.75) is 5.60 Å². The number of hydrogen-bond acceptors (Lipinski definition) is 5. The molecule has 1 unspecified atom stereocenters. The Kier molecular flexibility index (Phi) is 5.48. The molecule has 0 saturated heterocycles. The molecule has 7 nitrogen and oxygen atoms in total. The molecule has 0 amide bonds. The maximum absolute atomic E-state index is 12.7. The fraction of sp³-hybridized carbons (Fsp3) is 0.120. The molecule has 9 heteroatoms. The Morgan fingerprint density at radius 3 is 2.35 bits per heavy atom. The maximum Gasteiger partial charge on any atom is 0.252 e. The number of aromatic nitrogens is 5. The second-order valence-electron chi connectivity index (χ2n) is 8.02. The molecule has 0 saturated carbocycles. The number of fused-ring (bicyclic) bond motifs is 1. The minimum atomic E-state index is -1.63. The SMILES string of the molecule is Cn1nncc1C(O)(c1ccc(Cl)cc1)c1cnc2c(c1)c(-c1cccc(Cl)c1)cc(=O)n2C. The highest BCUT2D eigenvalue weighted by Crippen LogP contribution is 2.38. The van der Waals surface area contributed by atoms with Crippen molar-refractivity contribution in [3.05, 3.63) is 110 Å². The van der Waals surface area contributed by atoms with Gasteiger partial charge in [0.1, 0.15) is 5.65 Å². The fourth-order valence-corrected chi connectivity index (χ4v) is 4.51. The van der Waals surface area contributed by atoms with E-state index in [2.05, 4.69) is 15.3 Å². The number of aryl methyl sites for hydroxylation is 2. The van der Waals surface area contributed by atoms with E-state index in [9.17, 15) is 9.90 Å². The monoisotopic (exact) mass is 491 g/mol. The first-order chi connectivity index (χ1) is 16.3. The summed E-state index contributed by atoms with van der Waals surface area (Å²) in [6.45, 7) is 0. The van der Waals surface area contributed by atoms with Crippen molar-refractivity contribution in [2.75, 3.05) is 0 Å². The van der Waals surface area contributed by atoms with E-state index in [0.29, 0.717) is 43.5 Å². The van der Waals surface area contributed by atoms with Crippen molar-refractivity contribution in [2.24, 2.45) is 14.1 Å². The smallest absolute Gasteiger partial charge is 0.252 e. The van der Waals surface area contributed by atoms with Gasteiger partial charge in [0.05, 0.1) is 11.9 Å². The topological polar surface area (TPSA) is 85.8 Å². The van der Waals surface area contributed by atoms with Gasteiger partial charge in [0, 0.05) is 47.4 Å². The molecule has 5 rings (SSSR count). The van der Waals surface area contributed by atoms with Gasteiger partial charge in [0.2, 0.25) is 0 Å². The lowest BCUT2D eigenvalue weighted by Crippen LogP contribution is -2.32. The van der Waals surface area contributed by atoms with Gasteiger partial charge in [-0.3, -0.25) is 9.36 Å². The number of rotatable bonds is 4. The third-order valence-corrected chi connectivity index (χ3v) is 6.46. The second-order valence-corrected chi connectivity index (χ2v) is 8.89. The zero-order chi connectivity index (χ0) is 24.0.